The van der Waals surface area contributed by atoms with Crippen molar-refractivity contribution < 1.29 is 13.2 Å². The van der Waals surface area contributed by atoms with Gasteiger partial charge in [-0.3, -0.25) is 4.79 Å². The van der Waals surface area contributed by atoms with E-state index in [1.54, 1.807) is 51.9 Å². The van der Waals surface area contributed by atoms with E-state index < -0.39 is 10.0 Å². The number of nitrogens with zero attached hydrogens (tertiary/aromatic N) is 3. The largest absolute Gasteiger partial charge is 0.328 e. The molecule has 8 heteroatoms. The third-order valence-electron chi connectivity index (χ3n) is 4.50. The van der Waals surface area contributed by atoms with E-state index in [0.29, 0.717) is 30.6 Å². The number of sulfonamides is 1. The maximum absolute atomic E-state index is 12.9. The predicted octanol–water partition coefficient (Wildman–Crippen LogP) is 2.19. The number of rotatable bonds is 5. The SMILES string of the molecule is C[C@@H]1C[C@@H](C)CN(S(=O)(=O)c2ccc(NC(=O)Cn3ccnc3)cc2)C1. The standard InChI is InChI=1S/C18H24N4O3S/c1-14-9-15(2)11-22(10-14)26(24,25)17-5-3-16(4-6-17)20-18(23)12-21-8-7-19-13-21/h3-8,13-15H,9-12H2,1-2H3,(H,20,23)/t14-,15-/m1/s1. The van der Waals surface area contributed by atoms with E-state index in [4.69, 9.17) is 0 Å². The van der Waals surface area contributed by atoms with E-state index in [1.165, 1.54) is 0 Å². The Morgan fingerprint density at radius 1 is 1.19 bits per heavy atom. The summed E-state index contributed by atoms with van der Waals surface area (Å²) in [5.41, 5.74) is 0.564. The van der Waals surface area contributed by atoms with Crippen molar-refractivity contribution in [3.05, 3.63) is 43.0 Å². The molecule has 2 atom stereocenters. The lowest BCUT2D eigenvalue weighted by atomic mass is 9.94. The van der Waals surface area contributed by atoms with E-state index in [-0.39, 0.29) is 17.3 Å². The van der Waals surface area contributed by atoms with Gasteiger partial charge in [0.25, 0.3) is 0 Å². The molecule has 1 aliphatic heterocycles. The number of piperidine rings is 1. The third-order valence-corrected chi connectivity index (χ3v) is 6.34. The van der Waals surface area contributed by atoms with Crippen LogP contribution >= 0.6 is 0 Å². The number of amides is 1. The van der Waals surface area contributed by atoms with Crippen LogP contribution in [0.3, 0.4) is 0 Å². The summed E-state index contributed by atoms with van der Waals surface area (Å²) in [6.45, 7) is 5.42. The van der Waals surface area contributed by atoms with Crippen LogP contribution in [0.15, 0.2) is 47.9 Å². The first kappa shape index (κ1) is 18.6. The molecule has 1 N–H and O–H groups in total. The summed E-state index contributed by atoms with van der Waals surface area (Å²) in [7, 11) is -3.51. The van der Waals surface area contributed by atoms with E-state index in [2.05, 4.69) is 24.1 Å². The number of imidazole rings is 1. The maximum atomic E-state index is 12.9. The summed E-state index contributed by atoms with van der Waals surface area (Å²) in [4.78, 5) is 16.1. The number of hydrogen-bond donors (Lipinski definition) is 1. The second-order valence-corrected chi connectivity index (χ2v) is 9.01. The number of hydrogen-bond acceptors (Lipinski definition) is 4. The monoisotopic (exact) mass is 376 g/mol. The Morgan fingerprint density at radius 2 is 1.85 bits per heavy atom. The molecule has 0 unspecified atom stereocenters. The molecule has 0 saturated carbocycles. The number of nitrogens with one attached hydrogen (secondary N) is 1. The van der Waals surface area contributed by atoms with E-state index in [9.17, 15) is 13.2 Å². The lowest BCUT2D eigenvalue weighted by Gasteiger charge is -2.34. The molecule has 26 heavy (non-hydrogen) atoms. The Labute approximate surface area is 154 Å². The summed E-state index contributed by atoms with van der Waals surface area (Å²) in [5.74, 6) is 0.516. The summed E-state index contributed by atoms with van der Waals surface area (Å²) in [5, 5.41) is 2.76. The highest BCUT2D eigenvalue weighted by atomic mass is 32.2. The molecule has 2 aromatic rings. The van der Waals surface area contributed by atoms with Gasteiger partial charge in [-0.2, -0.15) is 4.31 Å². The lowest BCUT2D eigenvalue weighted by Crippen LogP contribution is -2.42. The predicted molar refractivity (Wildman–Crippen MR) is 99.0 cm³/mol. The first-order chi connectivity index (χ1) is 12.3. The molecular formula is C18H24N4O3S. The topological polar surface area (TPSA) is 84.3 Å². The fraction of sp³-hybridized carbons (Fsp3) is 0.444. The van der Waals surface area contributed by atoms with Gasteiger partial charge in [0.1, 0.15) is 6.54 Å². The maximum Gasteiger partial charge on any atom is 0.244 e. The van der Waals surface area contributed by atoms with E-state index in [0.717, 1.165) is 6.42 Å². The highest BCUT2D eigenvalue weighted by Crippen LogP contribution is 2.27. The van der Waals surface area contributed by atoms with Gasteiger partial charge < -0.3 is 9.88 Å². The van der Waals surface area contributed by atoms with Crippen LogP contribution in [0.1, 0.15) is 20.3 Å². The molecule has 1 aromatic carbocycles. The minimum Gasteiger partial charge on any atom is -0.328 e. The first-order valence-electron chi connectivity index (χ1n) is 8.70. The van der Waals surface area contributed by atoms with Crippen molar-refractivity contribution in [1.29, 1.82) is 0 Å². The molecule has 1 fully saturated rings. The number of anilines is 1. The first-order valence-corrected chi connectivity index (χ1v) is 10.1. The van der Waals surface area contributed by atoms with Gasteiger partial charge in [0, 0.05) is 31.2 Å². The van der Waals surface area contributed by atoms with Crippen molar-refractivity contribution in [1.82, 2.24) is 13.9 Å². The highest BCUT2D eigenvalue weighted by Gasteiger charge is 2.31. The number of carbonyl (C=O) groups excluding carboxylic acids is 1. The molecule has 1 aromatic heterocycles. The molecule has 0 aliphatic carbocycles. The molecule has 3 rings (SSSR count). The van der Waals surface area contributed by atoms with Gasteiger partial charge >= 0.3 is 0 Å². The molecule has 1 amide bonds. The summed E-state index contributed by atoms with van der Waals surface area (Å²) in [6, 6.07) is 6.34. The van der Waals surface area contributed by atoms with Crippen LogP contribution in [0.5, 0.6) is 0 Å². The van der Waals surface area contributed by atoms with Crippen molar-refractivity contribution in [2.75, 3.05) is 18.4 Å². The number of benzene rings is 1. The Hall–Kier alpha value is -2.19. The Morgan fingerprint density at radius 3 is 2.42 bits per heavy atom. The lowest BCUT2D eigenvalue weighted by molar-refractivity contribution is -0.116. The smallest absolute Gasteiger partial charge is 0.244 e. The van der Waals surface area contributed by atoms with Gasteiger partial charge in [0.05, 0.1) is 11.2 Å². The molecule has 1 saturated heterocycles. The molecule has 0 bridgehead atoms. The quantitative estimate of drug-likeness (QED) is 0.867. The molecule has 0 spiro atoms. The summed E-state index contributed by atoms with van der Waals surface area (Å²) >= 11 is 0. The summed E-state index contributed by atoms with van der Waals surface area (Å²) < 4.78 is 28.9. The van der Waals surface area contributed by atoms with Crippen LogP contribution in [0.25, 0.3) is 0 Å². The fourth-order valence-corrected chi connectivity index (χ4v) is 5.09. The Kier molecular flexibility index (Phi) is 5.43. The number of carbonyl (C=O) groups is 1. The van der Waals surface area contributed by atoms with Crippen molar-refractivity contribution >= 4 is 21.6 Å². The molecule has 0 radical (unpaired) electrons. The molecule has 2 heterocycles. The minimum atomic E-state index is -3.51. The Bertz CT molecular complexity index is 837. The fourth-order valence-electron chi connectivity index (χ4n) is 3.41. The second-order valence-electron chi connectivity index (χ2n) is 7.08. The van der Waals surface area contributed by atoms with Crippen LogP contribution in [-0.2, 0) is 21.4 Å². The minimum absolute atomic E-state index is 0.156. The van der Waals surface area contributed by atoms with Crippen LogP contribution in [0, 0.1) is 11.8 Å². The number of aromatic nitrogens is 2. The molecule has 140 valence electrons. The van der Waals surface area contributed by atoms with Crippen LogP contribution < -0.4 is 5.32 Å². The van der Waals surface area contributed by atoms with E-state index in [1.807, 2.05) is 0 Å². The second kappa shape index (κ2) is 7.59. The van der Waals surface area contributed by atoms with Gasteiger partial charge in [-0.15, -0.1) is 0 Å². The van der Waals surface area contributed by atoms with Gasteiger partial charge in [0.15, 0.2) is 0 Å². The van der Waals surface area contributed by atoms with Crippen molar-refractivity contribution in [2.45, 2.75) is 31.7 Å². The van der Waals surface area contributed by atoms with Crippen LogP contribution in [-0.4, -0.2) is 41.3 Å². The van der Waals surface area contributed by atoms with Gasteiger partial charge in [-0.25, -0.2) is 13.4 Å². The van der Waals surface area contributed by atoms with Gasteiger partial charge in [-0.05, 0) is 42.5 Å². The van der Waals surface area contributed by atoms with Gasteiger partial charge in [-0.1, -0.05) is 13.8 Å². The average molecular weight is 376 g/mol. The van der Waals surface area contributed by atoms with Crippen LogP contribution in [0.4, 0.5) is 5.69 Å². The average Bonchev–Trinajstić information content (AvgIpc) is 3.07. The molecule has 7 nitrogen and oxygen atoms in total. The zero-order chi connectivity index (χ0) is 18.7. The van der Waals surface area contributed by atoms with Crippen molar-refractivity contribution in [3.63, 3.8) is 0 Å². The zero-order valence-electron chi connectivity index (χ0n) is 15.0. The van der Waals surface area contributed by atoms with E-state index >= 15 is 0 Å². The highest BCUT2D eigenvalue weighted by molar-refractivity contribution is 7.89. The van der Waals surface area contributed by atoms with Crippen molar-refractivity contribution in [2.24, 2.45) is 11.8 Å². The normalized spacial score (nSPS) is 21.5. The van der Waals surface area contributed by atoms with Crippen LogP contribution in [0.2, 0.25) is 0 Å². The van der Waals surface area contributed by atoms with Gasteiger partial charge in [0.2, 0.25) is 15.9 Å². The molecular weight excluding hydrogens is 352 g/mol. The third kappa shape index (κ3) is 4.31. The van der Waals surface area contributed by atoms with Crippen molar-refractivity contribution in [3.8, 4) is 0 Å². The zero-order valence-corrected chi connectivity index (χ0v) is 15.8. The summed E-state index contributed by atoms with van der Waals surface area (Å²) in [6.07, 6.45) is 5.93. The molecule has 1 aliphatic rings. The Balaban J connectivity index is 1.67.